The molecule has 0 aliphatic carbocycles. The van der Waals surface area contributed by atoms with Gasteiger partial charge in [-0.05, 0) is 71.3 Å². The van der Waals surface area contributed by atoms with Gasteiger partial charge in [0, 0.05) is 39.0 Å². The Balaban J connectivity index is 1.07. The zero-order valence-electron chi connectivity index (χ0n) is 30.2. The van der Waals surface area contributed by atoms with Crippen LogP contribution in [0, 0.1) is 0 Å². The van der Waals surface area contributed by atoms with Crippen LogP contribution in [0.5, 0.6) is 0 Å². The predicted octanol–water partition coefficient (Wildman–Crippen LogP) is 12.4. The lowest BCUT2D eigenvalue weighted by molar-refractivity contribution is 0.626. The first-order chi connectivity index (χ1) is 27.8. The van der Waals surface area contributed by atoms with E-state index in [1.54, 1.807) is 0 Å². The van der Waals surface area contributed by atoms with Gasteiger partial charge in [0.15, 0.2) is 23.1 Å². The number of benzene rings is 7. The smallest absolute Gasteiger partial charge is 0.164 e. The SMILES string of the molecule is c1ccc(-c2cccc(-c3nc(-c4ccccc4)nc(-c4ccc(-n5c6ccccc6c6oc7c(c65)C(c5ccccc5)Nc5ccccc5-7)cc4)n3)c2)cc1. The lowest BCUT2D eigenvalue weighted by Gasteiger charge is -2.27. The van der Waals surface area contributed by atoms with Crippen LogP contribution in [0.15, 0.2) is 192 Å². The number of aromatic nitrogens is 4. The van der Waals surface area contributed by atoms with Gasteiger partial charge in [-0.3, -0.25) is 0 Å². The molecule has 10 aromatic rings. The number of furan rings is 1. The highest BCUT2D eigenvalue weighted by Crippen LogP contribution is 2.50. The minimum atomic E-state index is -0.106. The van der Waals surface area contributed by atoms with Crippen molar-refractivity contribution in [3.05, 3.63) is 199 Å². The minimum absolute atomic E-state index is 0.106. The lowest BCUT2D eigenvalue weighted by Crippen LogP contribution is -2.18. The third-order valence-corrected chi connectivity index (χ3v) is 10.7. The van der Waals surface area contributed by atoms with Crippen molar-refractivity contribution in [2.24, 2.45) is 0 Å². The summed E-state index contributed by atoms with van der Waals surface area (Å²) in [4.78, 5) is 15.1. The van der Waals surface area contributed by atoms with Gasteiger partial charge in [-0.25, -0.2) is 15.0 Å². The van der Waals surface area contributed by atoms with Crippen molar-refractivity contribution >= 4 is 27.7 Å². The fourth-order valence-corrected chi connectivity index (χ4v) is 8.07. The molecule has 6 heteroatoms. The summed E-state index contributed by atoms with van der Waals surface area (Å²) in [5.41, 5.74) is 13.4. The van der Waals surface area contributed by atoms with E-state index in [9.17, 15) is 0 Å². The third kappa shape index (κ3) is 5.30. The largest absolute Gasteiger partial charge is 0.453 e. The normalized spacial score (nSPS) is 13.3. The summed E-state index contributed by atoms with van der Waals surface area (Å²) >= 11 is 0. The molecule has 0 saturated carbocycles. The van der Waals surface area contributed by atoms with Crippen molar-refractivity contribution in [3.8, 4) is 62.3 Å². The number of para-hydroxylation sites is 2. The van der Waals surface area contributed by atoms with Crippen LogP contribution in [0.1, 0.15) is 17.2 Å². The molecule has 264 valence electrons. The molecule has 0 bridgehead atoms. The first-order valence-electron chi connectivity index (χ1n) is 18.8. The summed E-state index contributed by atoms with van der Waals surface area (Å²) in [6.45, 7) is 0. The molecule has 56 heavy (non-hydrogen) atoms. The van der Waals surface area contributed by atoms with Crippen LogP contribution < -0.4 is 5.32 Å². The predicted molar refractivity (Wildman–Crippen MR) is 226 cm³/mol. The Kier molecular flexibility index (Phi) is 7.45. The van der Waals surface area contributed by atoms with Crippen LogP contribution in [0.2, 0.25) is 0 Å². The van der Waals surface area contributed by atoms with Gasteiger partial charge < -0.3 is 14.3 Å². The molecule has 3 aromatic heterocycles. The number of hydrogen-bond acceptors (Lipinski definition) is 5. The van der Waals surface area contributed by atoms with Gasteiger partial charge in [-0.2, -0.15) is 0 Å². The zero-order chi connectivity index (χ0) is 37.0. The number of rotatable bonds is 6. The van der Waals surface area contributed by atoms with Crippen LogP contribution in [0.25, 0.3) is 84.3 Å². The Bertz CT molecular complexity index is 3040. The molecule has 11 rings (SSSR count). The molecule has 1 aliphatic heterocycles. The molecule has 0 spiro atoms. The maximum absolute atomic E-state index is 6.94. The molecule has 1 N–H and O–H groups in total. The number of nitrogens with zero attached hydrogens (tertiary/aromatic N) is 4. The van der Waals surface area contributed by atoms with E-state index in [2.05, 4.69) is 162 Å². The molecule has 0 amide bonds. The number of hydrogen-bond donors (Lipinski definition) is 1. The molecular weight excluding hydrogens is 687 g/mol. The third-order valence-electron chi connectivity index (χ3n) is 10.7. The molecule has 7 aromatic carbocycles. The van der Waals surface area contributed by atoms with E-state index in [0.29, 0.717) is 17.5 Å². The topological polar surface area (TPSA) is 68.8 Å². The van der Waals surface area contributed by atoms with E-state index in [1.165, 1.54) is 5.56 Å². The lowest BCUT2D eigenvalue weighted by atomic mass is 9.91. The zero-order valence-corrected chi connectivity index (χ0v) is 30.2. The van der Waals surface area contributed by atoms with E-state index >= 15 is 0 Å². The highest BCUT2D eigenvalue weighted by Gasteiger charge is 2.34. The van der Waals surface area contributed by atoms with Gasteiger partial charge in [0.25, 0.3) is 0 Å². The monoisotopic (exact) mass is 719 g/mol. The van der Waals surface area contributed by atoms with Gasteiger partial charge in [0.2, 0.25) is 0 Å². The van der Waals surface area contributed by atoms with Crippen LogP contribution in [-0.2, 0) is 0 Å². The van der Waals surface area contributed by atoms with Gasteiger partial charge in [0.1, 0.15) is 5.76 Å². The molecule has 0 saturated heterocycles. The first-order valence-corrected chi connectivity index (χ1v) is 18.8. The van der Waals surface area contributed by atoms with E-state index in [0.717, 1.165) is 78.1 Å². The van der Waals surface area contributed by atoms with Crippen LogP contribution in [0.4, 0.5) is 5.69 Å². The van der Waals surface area contributed by atoms with Crippen LogP contribution in [-0.4, -0.2) is 19.5 Å². The molecule has 6 nitrogen and oxygen atoms in total. The Labute approximate surface area is 323 Å². The standard InChI is InChI=1S/C50H33N5O/c1-4-15-32(16-5-1)36-21-14-22-37(31-36)50-53-48(34-19-8-3-9-20-34)52-49(54-50)35-27-29-38(30-28-35)55-42-26-13-11-24-40(42)47-45(55)43-44(33-17-6-2-7-18-33)51-41-25-12-10-23-39(41)46(43)56-47/h1-31,44,51H. The molecule has 4 heterocycles. The summed E-state index contributed by atoms with van der Waals surface area (Å²) < 4.78 is 9.28. The van der Waals surface area contributed by atoms with Crippen molar-refractivity contribution in [2.75, 3.05) is 5.32 Å². The van der Waals surface area contributed by atoms with Crippen molar-refractivity contribution in [2.45, 2.75) is 6.04 Å². The summed E-state index contributed by atoms with van der Waals surface area (Å²) in [7, 11) is 0. The minimum Gasteiger partial charge on any atom is -0.453 e. The van der Waals surface area contributed by atoms with Crippen LogP contribution >= 0.6 is 0 Å². The van der Waals surface area contributed by atoms with Gasteiger partial charge >= 0.3 is 0 Å². The summed E-state index contributed by atoms with van der Waals surface area (Å²) in [5.74, 6) is 2.76. The molecule has 1 aliphatic rings. The van der Waals surface area contributed by atoms with Crippen molar-refractivity contribution in [1.29, 1.82) is 0 Å². The van der Waals surface area contributed by atoms with Gasteiger partial charge in [-0.15, -0.1) is 0 Å². The Morgan fingerprint density at radius 3 is 1.80 bits per heavy atom. The number of fused-ring (bicyclic) bond motifs is 7. The molecule has 0 radical (unpaired) electrons. The first kappa shape index (κ1) is 31.9. The van der Waals surface area contributed by atoms with Gasteiger partial charge in [0.05, 0.1) is 22.6 Å². The fourth-order valence-electron chi connectivity index (χ4n) is 8.07. The summed E-state index contributed by atoms with van der Waals surface area (Å²) in [6, 6.07) is 64.8. The maximum Gasteiger partial charge on any atom is 0.164 e. The second-order valence-corrected chi connectivity index (χ2v) is 14.1. The van der Waals surface area contributed by atoms with Crippen molar-refractivity contribution < 1.29 is 4.42 Å². The summed E-state index contributed by atoms with van der Waals surface area (Å²) in [5, 5.41) is 4.92. The Hall–Kier alpha value is -7.57. The number of nitrogens with one attached hydrogen (secondary N) is 1. The van der Waals surface area contributed by atoms with E-state index in [1.807, 2.05) is 36.4 Å². The highest BCUT2D eigenvalue weighted by atomic mass is 16.3. The molecular formula is C50H33N5O. The fraction of sp³-hybridized carbons (Fsp3) is 0.0200. The second-order valence-electron chi connectivity index (χ2n) is 14.1. The average Bonchev–Trinajstić information content (AvgIpc) is 3.82. The van der Waals surface area contributed by atoms with Crippen molar-refractivity contribution in [3.63, 3.8) is 0 Å². The van der Waals surface area contributed by atoms with Crippen LogP contribution in [0.3, 0.4) is 0 Å². The van der Waals surface area contributed by atoms with E-state index in [4.69, 9.17) is 19.4 Å². The van der Waals surface area contributed by atoms with E-state index < -0.39 is 0 Å². The van der Waals surface area contributed by atoms with E-state index in [-0.39, 0.29) is 6.04 Å². The molecule has 0 fully saturated rings. The second kappa shape index (κ2) is 13.1. The molecule has 1 atom stereocenters. The Morgan fingerprint density at radius 2 is 1.05 bits per heavy atom. The quantitative estimate of drug-likeness (QED) is 0.185. The summed E-state index contributed by atoms with van der Waals surface area (Å²) in [6.07, 6.45) is 0. The van der Waals surface area contributed by atoms with Crippen molar-refractivity contribution in [1.82, 2.24) is 19.5 Å². The number of anilines is 1. The molecule has 1 unspecified atom stereocenters. The highest BCUT2D eigenvalue weighted by molar-refractivity contribution is 6.10. The average molecular weight is 720 g/mol. The Morgan fingerprint density at radius 1 is 0.482 bits per heavy atom. The maximum atomic E-state index is 6.94. The van der Waals surface area contributed by atoms with Gasteiger partial charge in [-0.1, -0.05) is 133 Å².